The summed E-state index contributed by atoms with van der Waals surface area (Å²) in [6.07, 6.45) is 2.88. The van der Waals surface area contributed by atoms with Crippen molar-refractivity contribution in [1.29, 1.82) is 0 Å². The zero-order valence-electron chi connectivity index (χ0n) is 10.9. The van der Waals surface area contributed by atoms with E-state index in [4.69, 9.17) is 5.11 Å². The molecule has 106 valence electrons. The second-order valence-electron chi connectivity index (χ2n) is 4.22. The highest BCUT2D eigenvalue weighted by Crippen LogP contribution is 2.24. The molecule has 5 heteroatoms. The van der Waals surface area contributed by atoms with E-state index in [1.165, 1.54) is 24.3 Å². The molecule has 0 fully saturated rings. The second kappa shape index (κ2) is 6.38. The van der Waals surface area contributed by atoms with Crippen LogP contribution in [0.15, 0.2) is 54.6 Å². The zero-order valence-corrected chi connectivity index (χ0v) is 10.9. The maximum absolute atomic E-state index is 11.8. The standard InChI is InChI=1S/C16H13NO4/c18-14(10-9-11-5-2-1-3-6-11)17-13-8-4-7-12(15(13)19)16(20)21/h1-10,19H,(H,17,18)(H,20,21)/p-1/b10-9+. The number of hydrogen-bond acceptors (Lipinski definition) is 3. The topological polar surface area (TPSA) is 89.5 Å². The van der Waals surface area contributed by atoms with Crippen molar-refractivity contribution in [2.45, 2.75) is 0 Å². The summed E-state index contributed by atoms with van der Waals surface area (Å²) in [5.41, 5.74) is 0.409. The molecule has 0 saturated heterocycles. The lowest BCUT2D eigenvalue weighted by molar-refractivity contribution is -0.267. The third kappa shape index (κ3) is 3.70. The molecule has 2 aromatic carbocycles. The molecule has 0 aliphatic heterocycles. The van der Waals surface area contributed by atoms with Gasteiger partial charge in [0.2, 0.25) is 5.91 Å². The van der Waals surface area contributed by atoms with Gasteiger partial charge in [-0.15, -0.1) is 0 Å². The highest BCUT2D eigenvalue weighted by atomic mass is 16.4. The summed E-state index contributed by atoms with van der Waals surface area (Å²) in [5, 5.41) is 23.0. The number of carboxylic acids is 1. The SMILES string of the molecule is O=C(/C=C/c1ccccc1)Nc1cccc(C(=O)O)c1[O-]. The molecule has 2 rings (SSSR count). The number of benzene rings is 2. The van der Waals surface area contributed by atoms with E-state index >= 15 is 0 Å². The van der Waals surface area contributed by atoms with Gasteiger partial charge in [0.1, 0.15) is 0 Å². The van der Waals surface area contributed by atoms with Crippen LogP contribution in [0.1, 0.15) is 15.9 Å². The number of para-hydroxylation sites is 1. The third-order valence-electron chi connectivity index (χ3n) is 2.73. The highest BCUT2D eigenvalue weighted by Gasteiger charge is 2.07. The Bertz CT molecular complexity index is 693. The van der Waals surface area contributed by atoms with Crippen molar-refractivity contribution in [2.75, 3.05) is 5.32 Å². The lowest BCUT2D eigenvalue weighted by atomic mass is 10.1. The molecular formula is C16H12NO4-. The molecule has 0 bridgehead atoms. The van der Waals surface area contributed by atoms with Crippen LogP contribution in [-0.4, -0.2) is 17.0 Å². The molecule has 1 amide bonds. The lowest BCUT2D eigenvalue weighted by Crippen LogP contribution is -2.12. The number of anilines is 1. The molecule has 0 radical (unpaired) electrons. The van der Waals surface area contributed by atoms with Crippen molar-refractivity contribution in [3.63, 3.8) is 0 Å². The Kier molecular flexibility index (Phi) is 4.36. The van der Waals surface area contributed by atoms with Crippen LogP contribution in [0.3, 0.4) is 0 Å². The molecule has 21 heavy (non-hydrogen) atoms. The van der Waals surface area contributed by atoms with Gasteiger partial charge in [-0.25, -0.2) is 4.79 Å². The molecule has 0 spiro atoms. The Labute approximate surface area is 121 Å². The average Bonchev–Trinajstić information content (AvgIpc) is 2.48. The summed E-state index contributed by atoms with van der Waals surface area (Å²) in [6.45, 7) is 0. The zero-order chi connectivity index (χ0) is 15.2. The van der Waals surface area contributed by atoms with Crippen LogP contribution in [0.5, 0.6) is 5.75 Å². The Morgan fingerprint density at radius 2 is 1.76 bits per heavy atom. The van der Waals surface area contributed by atoms with Crippen LogP contribution >= 0.6 is 0 Å². The summed E-state index contributed by atoms with van der Waals surface area (Å²) >= 11 is 0. The van der Waals surface area contributed by atoms with Crippen LogP contribution in [-0.2, 0) is 4.79 Å². The van der Waals surface area contributed by atoms with Gasteiger partial charge in [-0.2, -0.15) is 0 Å². The summed E-state index contributed by atoms with van der Waals surface area (Å²) < 4.78 is 0. The fourth-order valence-corrected chi connectivity index (χ4v) is 1.71. The molecule has 0 saturated carbocycles. The number of aromatic carboxylic acids is 1. The van der Waals surface area contributed by atoms with Crippen molar-refractivity contribution < 1.29 is 19.8 Å². The number of nitrogens with one attached hydrogen (secondary N) is 1. The van der Waals surface area contributed by atoms with Crippen molar-refractivity contribution in [3.8, 4) is 5.75 Å². The molecule has 0 aliphatic carbocycles. The Morgan fingerprint density at radius 3 is 2.43 bits per heavy atom. The number of carbonyl (C=O) groups is 2. The first kappa shape index (κ1) is 14.3. The molecule has 0 aliphatic rings. The summed E-state index contributed by atoms with van der Waals surface area (Å²) in [4.78, 5) is 22.6. The minimum absolute atomic E-state index is 0.0578. The van der Waals surface area contributed by atoms with E-state index in [1.807, 2.05) is 30.3 Å². The van der Waals surface area contributed by atoms with Crippen molar-refractivity contribution in [1.82, 2.24) is 0 Å². The van der Waals surface area contributed by atoms with E-state index in [0.717, 1.165) is 5.56 Å². The maximum Gasteiger partial charge on any atom is 0.335 e. The van der Waals surface area contributed by atoms with Crippen molar-refractivity contribution in [3.05, 3.63) is 65.7 Å². The molecule has 0 heterocycles. The van der Waals surface area contributed by atoms with Gasteiger partial charge in [-0.3, -0.25) is 4.79 Å². The van der Waals surface area contributed by atoms with Gasteiger partial charge < -0.3 is 15.5 Å². The second-order valence-corrected chi connectivity index (χ2v) is 4.22. The predicted octanol–water partition coefficient (Wildman–Crippen LogP) is 2.11. The molecule has 5 nitrogen and oxygen atoms in total. The highest BCUT2D eigenvalue weighted by molar-refractivity contribution is 6.04. The van der Waals surface area contributed by atoms with Gasteiger partial charge in [-0.1, -0.05) is 42.1 Å². The summed E-state index contributed by atoms with van der Waals surface area (Å²) in [5.74, 6) is -2.54. The van der Waals surface area contributed by atoms with Crippen molar-refractivity contribution >= 4 is 23.6 Å². The fraction of sp³-hybridized carbons (Fsp3) is 0. The largest absolute Gasteiger partial charge is 0.870 e. The minimum Gasteiger partial charge on any atom is -0.870 e. The predicted molar refractivity (Wildman–Crippen MR) is 77.0 cm³/mol. The number of hydrogen-bond donors (Lipinski definition) is 2. The van der Waals surface area contributed by atoms with E-state index < -0.39 is 17.6 Å². The van der Waals surface area contributed by atoms with E-state index in [2.05, 4.69) is 5.32 Å². The van der Waals surface area contributed by atoms with Gasteiger partial charge in [0.05, 0.1) is 5.56 Å². The van der Waals surface area contributed by atoms with Crippen LogP contribution in [0, 0.1) is 0 Å². The fourth-order valence-electron chi connectivity index (χ4n) is 1.71. The minimum atomic E-state index is -1.32. The van der Waals surface area contributed by atoms with Gasteiger partial charge in [-0.05, 0) is 23.8 Å². The Balaban J connectivity index is 2.12. The van der Waals surface area contributed by atoms with E-state index in [-0.39, 0.29) is 11.3 Å². The molecule has 0 atom stereocenters. The number of amides is 1. The van der Waals surface area contributed by atoms with Crippen LogP contribution in [0.4, 0.5) is 5.69 Å². The van der Waals surface area contributed by atoms with E-state index in [1.54, 1.807) is 6.08 Å². The lowest BCUT2D eigenvalue weighted by Gasteiger charge is -2.16. The smallest absolute Gasteiger partial charge is 0.335 e. The first-order valence-electron chi connectivity index (χ1n) is 6.15. The third-order valence-corrected chi connectivity index (χ3v) is 2.73. The Morgan fingerprint density at radius 1 is 1.05 bits per heavy atom. The molecule has 2 aromatic rings. The number of carbonyl (C=O) groups excluding carboxylic acids is 1. The molecule has 0 unspecified atom stereocenters. The summed E-state index contributed by atoms with van der Waals surface area (Å²) in [6, 6.07) is 13.2. The van der Waals surface area contributed by atoms with Gasteiger partial charge in [0.15, 0.2) is 0 Å². The monoisotopic (exact) mass is 282 g/mol. The van der Waals surface area contributed by atoms with E-state index in [0.29, 0.717) is 0 Å². The van der Waals surface area contributed by atoms with Gasteiger partial charge in [0.25, 0.3) is 0 Å². The summed E-state index contributed by atoms with van der Waals surface area (Å²) in [7, 11) is 0. The average molecular weight is 282 g/mol. The first-order chi connectivity index (χ1) is 10.1. The maximum atomic E-state index is 11.8. The van der Waals surface area contributed by atoms with Crippen LogP contribution < -0.4 is 10.4 Å². The molecular weight excluding hydrogens is 270 g/mol. The quantitative estimate of drug-likeness (QED) is 0.840. The normalized spacial score (nSPS) is 10.5. The molecule has 0 aromatic heterocycles. The Hall–Kier alpha value is -3.08. The van der Waals surface area contributed by atoms with Crippen LogP contribution in [0.25, 0.3) is 6.08 Å². The first-order valence-corrected chi connectivity index (χ1v) is 6.15. The van der Waals surface area contributed by atoms with Gasteiger partial charge >= 0.3 is 5.97 Å². The number of carboxylic acid groups (broad SMARTS) is 1. The number of rotatable bonds is 4. The van der Waals surface area contributed by atoms with Crippen LogP contribution in [0.2, 0.25) is 0 Å². The van der Waals surface area contributed by atoms with Gasteiger partial charge in [0, 0.05) is 11.8 Å². The van der Waals surface area contributed by atoms with E-state index in [9.17, 15) is 14.7 Å². The van der Waals surface area contributed by atoms with Crippen molar-refractivity contribution in [2.24, 2.45) is 0 Å². The molecule has 2 N–H and O–H groups in total.